The average Bonchev–Trinajstić information content (AvgIpc) is 2.63. The summed E-state index contributed by atoms with van der Waals surface area (Å²) in [5, 5.41) is 9.89. The predicted octanol–water partition coefficient (Wildman–Crippen LogP) is 1.40. The van der Waals surface area contributed by atoms with Gasteiger partial charge in [-0.05, 0) is 31.0 Å². The molecule has 1 aliphatic heterocycles. The summed E-state index contributed by atoms with van der Waals surface area (Å²) in [5.74, 6) is -0.118. The number of rotatable bonds is 1. The highest BCUT2D eigenvalue weighted by Gasteiger charge is 2.22. The summed E-state index contributed by atoms with van der Waals surface area (Å²) in [5.41, 5.74) is 1.24. The Bertz CT molecular complexity index is 528. The largest absolute Gasteiger partial charge is 0.507 e. The van der Waals surface area contributed by atoms with Crippen molar-refractivity contribution < 1.29 is 14.7 Å². The van der Waals surface area contributed by atoms with E-state index in [9.17, 15) is 14.7 Å². The zero-order valence-electron chi connectivity index (χ0n) is 11.9. The maximum Gasteiger partial charge on any atom is 0.257 e. The van der Waals surface area contributed by atoms with Crippen LogP contribution in [0.15, 0.2) is 18.2 Å². The monoisotopic (exact) mass is 276 g/mol. The van der Waals surface area contributed by atoms with Gasteiger partial charge in [0.25, 0.3) is 5.91 Å². The van der Waals surface area contributed by atoms with Gasteiger partial charge in [-0.2, -0.15) is 0 Å². The molecule has 0 radical (unpaired) electrons. The van der Waals surface area contributed by atoms with E-state index in [-0.39, 0.29) is 17.6 Å². The van der Waals surface area contributed by atoms with Crippen LogP contribution < -0.4 is 0 Å². The van der Waals surface area contributed by atoms with Gasteiger partial charge in [-0.1, -0.05) is 6.07 Å². The maximum atomic E-state index is 12.4. The van der Waals surface area contributed by atoms with Gasteiger partial charge in [0.05, 0.1) is 5.56 Å². The van der Waals surface area contributed by atoms with E-state index < -0.39 is 0 Å². The van der Waals surface area contributed by atoms with E-state index in [4.69, 9.17) is 0 Å². The maximum absolute atomic E-state index is 12.4. The van der Waals surface area contributed by atoms with Crippen LogP contribution in [0.3, 0.4) is 0 Å². The molecule has 20 heavy (non-hydrogen) atoms. The van der Waals surface area contributed by atoms with E-state index in [2.05, 4.69) is 0 Å². The molecule has 1 aromatic carbocycles. The third-order valence-corrected chi connectivity index (χ3v) is 3.61. The van der Waals surface area contributed by atoms with Crippen LogP contribution in [0.5, 0.6) is 5.75 Å². The van der Waals surface area contributed by atoms with Crippen molar-refractivity contribution in [1.29, 1.82) is 0 Å². The molecule has 1 aliphatic rings. The van der Waals surface area contributed by atoms with Gasteiger partial charge in [0, 0.05) is 33.1 Å². The lowest BCUT2D eigenvalue weighted by atomic mass is 10.1. The van der Waals surface area contributed by atoms with Gasteiger partial charge in [-0.3, -0.25) is 9.59 Å². The standard InChI is InChI=1S/C15H20N2O3/c1-11-4-5-13(14(19)10-11)15(20)17-7-3-6-16(8-9-17)12(2)18/h4-5,10,19H,3,6-9H2,1-2H3. The number of carbonyl (C=O) groups excluding carboxylic acids is 2. The Hall–Kier alpha value is -2.04. The van der Waals surface area contributed by atoms with Gasteiger partial charge in [0.2, 0.25) is 5.91 Å². The molecule has 0 saturated carbocycles. The van der Waals surface area contributed by atoms with Gasteiger partial charge in [0.1, 0.15) is 5.75 Å². The SMILES string of the molecule is CC(=O)N1CCCN(C(=O)c2ccc(C)cc2O)CC1. The van der Waals surface area contributed by atoms with Gasteiger partial charge < -0.3 is 14.9 Å². The Balaban J connectivity index is 2.11. The molecule has 0 aliphatic carbocycles. The van der Waals surface area contributed by atoms with Crippen molar-refractivity contribution >= 4 is 11.8 Å². The molecule has 0 bridgehead atoms. The molecule has 1 N–H and O–H groups in total. The summed E-state index contributed by atoms with van der Waals surface area (Å²) in [6.07, 6.45) is 0.762. The summed E-state index contributed by atoms with van der Waals surface area (Å²) in [6, 6.07) is 5.06. The average molecular weight is 276 g/mol. The fourth-order valence-corrected chi connectivity index (χ4v) is 2.43. The fraction of sp³-hybridized carbons (Fsp3) is 0.467. The predicted molar refractivity (Wildman–Crippen MR) is 75.6 cm³/mol. The van der Waals surface area contributed by atoms with Gasteiger partial charge in [0.15, 0.2) is 0 Å². The number of phenols is 1. The van der Waals surface area contributed by atoms with Gasteiger partial charge in [-0.15, -0.1) is 0 Å². The number of aryl methyl sites for hydroxylation is 1. The Labute approximate surface area is 118 Å². The molecule has 1 saturated heterocycles. The summed E-state index contributed by atoms with van der Waals surface area (Å²) < 4.78 is 0. The molecule has 0 spiro atoms. The highest BCUT2D eigenvalue weighted by atomic mass is 16.3. The normalized spacial score (nSPS) is 15.9. The number of aromatic hydroxyl groups is 1. The van der Waals surface area contributed by atoms with E-state index in [1.54, 1.807) is 28.9 Å². The van der Waals surface area contributed by atoms with Crippen molar-refractivity contribution in [3.8, 4) is 5.75 Å². The Kier molecular flexibility index (Phi) is 4.27. The first-order chi connectivity index (χ1) is 9.49. The lowest BCUT2D eigenvalue weighted by Gasteiger charge is -2.21. The topological polar surface area (TPSA) is 60.9 Å². The molecule has 1 aromatic rings. The molecular weight excluding hydrogens is 256 g/mol. The van der Waals surface area contributed by atoms with Crippen LogP contribution in [0.1, 0.15) is 29.3 Å². The second-order valence-electron chi connectivity index (χ2n) is 5.17. The van der Waals surface area contributed by atoms with Crippen LogP contribution in [0.25, 0.3) is 0 Å². The van der Waals surface area contributed by atoms with E-state index >= 15 is 0 Å². The van der Waals surface area contributed by atoms with Crippen LogP contribution in [0.4, 0.5) is 0 Å². The van der Waals surface area contributed by atoms with Crippen LogP contribution in [-0.4, -0.2) is 52.9 Å². The zero-order valence-corrected chi connectivity index (χ0v) is 11.9. The molecule has 108 valence electrons. The molecule has 1 heterocycles. The number of hydrogen-bond donors (Lipinski definition) is 1. The van der Waals surface area contributed by atoms with Crippen LogP contribution in [-0.2, 0) is 4.79 Å². The van der Waals surface area contributed by atoms with Crippen molar-refractivity contribution in [2.24, 2.45) is 0 Å². The number of nitrogens with zero attached hydrogens (tertiary/aromatic N) is 2. The number of phenolic OH excluding ortho intramolecular Hbond substituents is 1. The quantitative estimate of drug-likeness (QED) is 0.843. The second kappa shape index (κ2) is 5.94. The summed E-state index contributed by atoms with van der Waals surface area (Å²) in [6.45, 7) is 5.75. The van der Waals surface area contributed by atoms with E-state index in [0.717, 1.165) is 12.0 Å². The first-order valence-electron chi connectivity index (χ1n) is 6.83. The van der Waals surface area contributed by atoms with Crippen molar-refractivity contribution in [3.05, 3.63) is 29.3 Å². The van der Waals surface area contributed by atoms with Crippen LogP contribution in [0.2, 0.25) is 0 Å². The smallest absolute Gasteiger partial charge is 0.257 e. The van der Waals surface area contributed by atoms with E-state index in [0.29, 0.717) is 31.7 Å². The molecular formula is C15H20N2O3. The lowest BCUT2D eigenvalue weighted by molar-refractivity contribution is -0.128. The minimum absolute atomic E-state index is 0.0164. The molecule has 1 fully saturated rings. The molecule has 0 unspecified atom stereocenters. The Morgan fingerprint density at radius 1 is 1.10 bits per heavy atom. The lowest BCUT2D eigenvalue weighted by Crippen LogP contribution is -2.36. The first kappa shape index (κ1) is 14.4. The fourth-order valence-electron chi connectivity index (χ4n) is 2.43. The minimum atomic E-state index is -0.173. The van der Waals surface area contributed by atoms with Gasteiger partial charge >= 0.3 is 0 Å². The highest BCUT2D eigenvalue weighted by Crippen LogP contribution is 2.21. The van der Waals surface area contributed by atoms with Crippen molar-refractivity contribution in [3.63, 3.8) is 0 Å². The molecule has 2 amide bonds. The second-order valence-corrected chi connectivity index (χ2v) is 5.17. The highest BCUT2D eigenvalue weighted by molar-refractivity contribution is 5.97. The third kappa shape index (κ3) is 3.10. The van der Waals surface area contributed by atoms with Gasteiger partial charge in [-0.25, -0.2) is 0 Å². The van der Waals surface area contributed by atoms with Crippen LogP contribution >= 0.6 is 0 Å². The molecule has 2 rings (SSSR count). The molecule has 0 aromatic heterocycles. The summed E-state index contributed by atoms with van der Waals surface area (Å²) >= 11 is 0. The Morgan fingerprint density at radius 2 is 1.75 bits per heavy atom. The Morgan fingerprint density at radius 3 is 2.40 bits per heavy atom. The molecule has 5 heteroatoms. The van der Waals surface area contributed by atoms with Crippen molar-refractivity contribution in [1.82, 2.24) is 9.80 Å². The molecule has 5 nitrogen and oxygen atoms in total. The third-order valence-electron chi connectivity index (χ3n) is 3.61. The van der Waals surface area contributed by atoms with Crippen LogP contribution in [0, 0.1) is 6.92 Å². The zero-order chi connectivity index (χ0) is 14.7. The van der Waals surface area contributed by atoms with Crippen molar-refractivity contribution in [2.75, 3.05) is 26.2 Å². The summed E-state index contributed by atoms with van der Waals surface area (Å²) in [4.78, 5) is 27.2. The summed E-state index contributed by atoms with van der Waals surface area (Å²) in [7, 11) is 0. The van der Waals surface area contributed by atoms with E-state index in [1.807, 2.05) is 13.0 Å². The van der Waals surface area contributed by atoms with E-state index in [1.165, 1.54) is 0 Å². The van der Waals surface area contributed by atoms with Crippen molar-refractivity contribution in [2.45, 2.75) is 20.3 Å². The number of hydrogen-bond acceptors (Lipinski definition) is 3. The number of carbonyl (C=O) groups is 2. The number of amides is 2. The first-order valence-corrected chi connectivity index (χ1v) is 6.83. The molecule has 0 atom stereocenters. The minimum Gasteiger partial charge on any atom is -0.507 e. The number of benzene rings is 1.